The van der Waals surface area contributed by atoms with Crippen LogP contribution < -0.4 is 5.32 Å². The molecule has 0 spiro atoms. The zero-order chi connectivity index (χ0) is 20.6. The average molecular weight is 392 g/mol. The first kappa shape index (κ1) is 20.5. The highest BCUT2D eigenvalue weighted by Crippen LogP contribution is 2.20. The van der Waals surface area contributed by atoms with E-state index in [-0.39, 0.29) is 11.7 Å². The molecule has 0 saturated carbocycles. The molecule has 3 aromatic rings. The molecule has 2 aromatic carbocycles. The molecule has 5 nitrogen and oxygen atoms in total. The molecular formula is C23H25FN4O. The van der Waals surface area contributed by atoms with E-state index in [4.69, 9.17) is 0 Å². The smallest absolute Gasteiger partial charge is 0.253 e. The molecule has 29 heavy (non-hydrogen) atoms. The molecule has 0 aliphatic heterocycles. The lowest BCUT2D eigenvalue weighted by Crippen LogP contribution is -2.32. The van der Waals surface area contributed by atoms with Crippen LogP contribution in [0.4, 0.5) is 15.9 Å². The van der Waals surface area contributed by atoms with Crippen LogP contribution in [0.5, 0.6) is 0 Å². The van der Waals surface area contributed by atoms with E-state index in [1.807, 2.05) is 29.2 Å². The molecule has 0 aliphatic rings. The molecule has 0 atom stereocenters. The number of anilines is 2. The van der Waals surface area contributed by atoms with Crippen molar-refractivity contribution < 1.29 is 9.18 Å². The van der Waals surface area contributed by atoms with Crippen LogP contribution in [-0.2, 0) is 0 Å². The highest BCUT2D eigenvalue weighted by Gasteiger charge is 2.14. The molecule has 0 unspecified atom stereocenters. The molecular weight excluding hydrogens is 367 g/mol. The van der Waals surface area contributed by atoms with E-state index >= 15 is 0 Å². The molecule has 0 bridgehead atoms. The van der Waals surface area contributed by atoms with Gasteiger partial charge in [-0.15, -0.1) is 10.2 Å². The molecule has 1 aromatic heterocycles. The zero-order valence-corrected chi connectivity index (χ0v) is 16.7. The second-order valence-corrected chi connectivity index (χ2v) is 6.81. The predicted molar refractivity (Wildman–Crippen MR) is 114 cm³/mol. The lowest BCUT2D eigenvalue weighted by Gasteiger charge is -2.21. The van der Waals surface area contributed by atoms with Crippen LogP contribution in [0.2, 0.25) is 0 Å². The van der Waals surface area contributed by atoms with Gasteiger partial charge in [-0.2, -0.15) is 0 Å². The molecule has 1 heterocycles. The van der Waals surface area contributed by atoms with Gasteiger partial charge in [-0.3, -0.25) is 4.79 Å². The third-order valence-electron chi connectivity index (χ3n) is 4.46. The molecule has 0 saturated heterocycles. The number of carbonyl (C=O) groups is 1. The summed E-state index contributed by atoms with van der Waals surface area (Å²) in [6, 6.07) is 17.2. The van der Waals surface area contributed by atoms with Crippen LogP contribution in [0.3, 0.4) is 0 Å². The number of amides is 1. The van der Waals surface area contributed by atoms with Crippen molar-refractivity contribution in [3.05, 3.63) is 72.0 Å². The summed E-state index contributed by atoms with van der Waals surface area (Å²) in [5.74, 6) is 0.319. The van der Waals surface area contributed by atoms with Gasteiger partial charge in [-0.05, 0) is 61.4 Å². The van der Waals surface area contributed by atoms with Crippen LogP contribution >= 0.6 is 0 Å². The number of benzene rings is 2. The number of hydrogen-bond acceptors (Lipinski definition) is 4. The van der Waals surface area contributed by atoms with E-state index in [1.165, 1.54) is 12.1 Å². The Labute approximate surface area is 170 Å². The molecule has 150 valence electrons. The summed E-state index contributed by atoms with van der Waals surface area (Å²) in [5, 5.41) is 11.5. The Hall–Kier alpha value is -3.28. The van der Waals surface area contributed by atoms with Crippen molar-refractivity contribution in [2.45, 2.75) is 26.7 Å². The van der Waals surface area contributed by atoms with E-state index in [9.17, 15) is 9.18 Å². The summed E-state index contributed by atoms with van der Waals surface area (Å²) < 4.78 is 13.4. The van der Waals surface area contributed by atoms with Crippen molar-refractivity contribution in [3.63, 3.8) is 0 Å². The van der Waals surface area contributed by atoms with Crippen molar-refractivity contribution in [2.75, 3.05) is 18.4 Å². The maximum absolute atomic E-state index is 13.4. The third kappa shape index (κ3) is 5.38. The maximum Gasteiger partial charge on any atom is 0.253 e. The Kier molecular flexibility index (Phi) is 6.89. The first-order valence-electron chi connectivity index (χ1n) is 9.86. The number of carbonyl (C=O) groups excluding carboxylic acids is 1. The Balaban J connectivity index is 1.67. The molecule has 3 rings (SSSR count). The minimum absolute atomic E-state index is 0.0551. The Bertz CT molecular complexity index is 936. The van der Waals surface area contributed by atoms with Gasteiger partial charge < -0.3 is 10.2 Å². The van der Waals surface area contributed by atoms with Crippen LogP contribution in [0, 0.1) is 5.82 Å². The largest absolute Gasteiger partial charge is 0.339 e. The van der Waals surface area contributed by atoms with E-state index in [0.717, 1.165) is 31.6 Å². The van der Waals surface area contributed by atoms with Crippen molar-refractivity contribution in [3.8, 4) is 11.3 Å². The van der Waals surface area contributed by atoms with Gasteiger partial charge in [0.2, 0.25) is 0 Å². The summed E-state index contributed by atoms with van der Waals surface area (Å²) in [4.78, 5) is 14.5. The fourth-order valence-electron chi connectivity index (χ4n) is 3.08. The third-order valence-corrected chi connectivity index (χ3v) is 4.46. The van der Waals surface area contributed by atoms with Gasteiger partial charge in [0.05, 0.1) is 5.69 Å². The van der Waals surface area contributed by atoms with Gasteiger partial charge in [0.25, 0.3) is 5.91 Å². The maximum atomic E-state index is 13.4. The minimum Gasteiger partial charge on any atom is -0.339 e. The van der Waals surface area contributed by atoms with Crippen LogP contribution in [0.25, 0.3) is 11.3 Å². The first-order valence-corrected chi connectivity index (χ1v) is 9.86. The molecule has 1 N–H and O–H groups in total. The number of halogens is 1. The molecule has 0 radical (unpaired) electrons. The first-order chi connectivity index (χ1) is 14.1. The van der Waals surface area contributed by atoms with Crippen LogP contribution in [-0.4, -0.2) is 34.1 Å². The second-order valence-electron chi connectivity index (χ2n) is 6.81. The lowest BCUT2D eigenvalue weighted by molar-refractivity contribution is 0.0755. The quantitative estimate of drug-likeness (QED) is 0.566. The molecule has 1 amide bonds. The SMILES string of the molecule is CCCN(CCC)C(=O)c1ccc(Nc2ccc(-c3cccc(F)c3)nn2)cc1. The Morgan fingerprint density at radius 2 is 1.69 bits per heavy atom. The molecule has 6 heteroatoms. The topological polar surface area (TPSA) is 58.1 Å². The molecule has 0 aliphatic carbocycles. The number of nitrogens with one attached hydrogen (secondary N) is 1. The predicted octanol–water partition coefficient (Wildman–Crippen LogP) is 5.29. The highest BCUT2D eigenvalue weighted by molar-refractivity contribution is 5.94. The van der Waals surface area contributed by atoms with Crippen molar-refractivity contribution >= 4 is 17.4 Å². The van der Waals surface area contributed by atoms with Crippen molar-refractivity contribution in [1.29, 1.82) is 0 Å². The van der Waals surface area contributed by atoms with Crippen molar-refractivity contribution in [2.24, 2.45) is 0 Å². The zero-order valence-electron chi connectivity index (χ0n) is 16.7. The van der Waals surface area contributed by atoms with E-state index in [2.05, 4.69) is 29.4 Å². The number of aromatic nitrogens is 2. The minimum atomic E-state index is -0.308. The number of hydrogen-bond donors (Lipinski definition) is 1. The normalized spacial score (nSPS) is 10.6. The summed E-state index contributed by atoms with van der Waals surface area (Å²) in [6.45, 7) is 5.67. The average Bonchev–Trinajstić information content (AvgIpc) is 2.74. The van der Waals surface area contributed by atoms with Gasteiger partial charge in [0.15, 0.2) is 5.82 Å². The Morgan fingerprint density at radius 3 is 2.28 bits per heavy atom. The summed E-state index contributed by atoms with van der Waals surface area (Å²) in [6.07, 6.45) is 1.88. The van der Waals surface area contributed by atoms with Gasteiger partial charge >= 0.3 is 0 Å². The summed E-state index contributed by atoms with van der Waals surface area (Å²) in [5.41, 5.74) is 2.76. The van der Waals surface area contributed by atoms with Crippen LogP contribution in [0.1, 0.15) is 37.0 Å². The number of rotatable bonds is 8. The summed E-state index contributed by atoms with van der Waals surface area (Å²) in [7, 11) is 0. The van der Waals surface area contributed by atoms with Gasteiger partial charge in [-0.25, -0.2) is 4.39 Å². The fourth-order valence-corrected chi connectivity index (χ4v) is 3.08. The second kappa shape index (κ2) is 9.78. The van der Waals surface area contributed by atoms with E-state index < -0.39 is 0 Å². The Morgan fingerprint density at radius 1 is 0.966 bits per heavy atom. The fraction of sp³-hybridized carbons (Fsp3) is 0.261. The van der Waals surface area contributed by atoms with Gasteiger partial charge in [0.1, 0.15) is 5.82 Å². The monoisotopic (exact) mass is 392 g/mol. The van der Waals surface area contributed by atoms with E-state index in [1.54, 1.807) is 24.3 Å². The van der Waals surface area contributed by atoms with Crippen molar-refractivity contribution in [1.82, 2.24) is 15.1 Å². The van der Waals surface area contributed by atoms with E-state index in [0.29, 0.717) is 22.6 Å². The van der Waals surface area contributed by atoms with Crippen LogP contribution in [0.15, 0.2) is 60.7 Å². The summed E-state index contributed by atoms with van der Waals surface area (Å²) >= 11 is 0. The highest BCUT2D eigenvalue weighted by atomic mass is 19.1. The van der Waals surface area contributed by atoms with Gasteiger partial charge in [-0.1, -0.05) is 26.0 Å². The molecule has 0 fully saturated rings. The lowest BCUT2D eigenvalue weighted by atomic mass is 10.1. The van der Waals surface area contributed by atoms with Gasteiger partial charge in [0, 0.05) is 29.9 Å². The standard InChI is InChI=1S/C23H25FN4O/c1-3-14-28(15-4-2)23(29)17-8-10-20(11-9-17)25-22-13-12-21(26-27-22)18-6-5-7-19(24)16-18/h5-13,16H,3-4,14-15H2,1-2H3,(H,25,27). The number of nitrogens with zero attached hydrogens (tertiary/aromatic N) is 3.